The molecule has 9 heteroatoms. The van der Waals surface area contributed by atoms with Crippen LogP contribution in [0.25, 0.3) is 0 Å². The first-order valence-corrected chi connectivity index (χ1v) is 8.16. The number of amides is 3. The van der Waals surface area contributed by atoms with Crippen LogP contribution < -0.4 is 21.7 Å². The fourth-order valence-corrected chi connectivity index (χ4v) is 2.31. The second-order valence-electron chi connectivity index (χ2n) is 6.10. The van der Waals surface area contributed by atoms with Gasteiger partial charge >= 0.3 is 5.97 Å². The highest BCUT2D eigenvalue weighted by molar-refractivity contribution is 6.02. The normalized spacial score (nSPS) is 10.1. The smallest absolute Gasteiger partial charge is 0.338 e. The van der Waals surface area contributed by atoms with Gasteiger partial charge in [-0.3, -0.25) is 14.4 Å². The summed E-state index contributed by atoms with van der Waals surface area (Å²) in [7, 11) is 3.66. The lowest BCUT2D eigenvalue weighted by Crippen LogP contribution is -2.22. The van der Waals surface area contributed by atoms with Gasteiger partial charge in [-0.2, -0.15) is 0 Å². The Labute approximate surface area is 161 Å². The summed E-state index contributed by atoms with van der Waals surface area (Å²) in [5, 5.41) is 2.43. The second kappa shape index (κ2) is 8.67. The number of primary amides is 2. The highest BCUT2D eigenvalue weighted by Gasteiger charge is 2.14. The zero-order chi connectivity index (χ0) is 20.8. The number of hydrogen-bond donors (Lipinski definition) is 3. The van der Waals surface area contributed by atoms with Crippen molar-refractivity contribution in [2.75, 3.05) is 30.9 Å². The molecular weight excluding hydrogens is 364 g/mol. The van der Waals surface area contributed by atoms with E-state index in [1.807, 2.05) is 25.1 Å². The summed E-state index contributed by atoms with van der Waals surface area (Å²) in [4.78, 5) is 48.7. The van der Waals surface area contributed by atoms with E-state index in [0.717, 1.165) is 5.69 Å². The van der Waals surface area contributed by atoms with Crippen molar-refractivity contribution < 1.29 is 23.9 Å². The number of nitrogens with two attached hydrogens (primary N) is 2. The summed E-state index contributed by atoms with van der Waals surface area (Å²) >= 11 is 0. The number of carbonyl (C=O) groups excluding carboxylic acids is 4. The molecule has 0 heterocycles. The molecule has 0 bridgehead atoms. The van der Waals surface area contributed by atoms with Crippen LogP contribution in [-0.2, 0) is 9.53 Å². The molecule has 146 valence electrons. The third-order valence-electron chi connectivity index (χ3n) is 3.72. The number of esters is 1. The number of nitrogens with one attached hydrogen (secondary N) is 1. The fourth-order valence-electron chi connectivity index (χ4n) is 2.31. The minimum absolute atomic E-state index is 0.00379. The van der Waals surface area contributed by atoms with Crippen molar-refractivity contribution in [3.63, 3.8) is 0 Å². The molecule has 0 aliphatic rings. The molecule has 3 amide bonds. The first-order valence-electron chi connectivity index (χ1n) is 8.16. The van der Waals surface area contributed by atoms with Gasteiger partial charge in [0.05, 0.1) is 5.56 Å². The number of carbonyl (C=O) groups is 4. The van der Waals surface area contributed by atoms with Gasteiger partial charge in [-0.15, -0.1) is 0 Å². The lowest BCUT2D eigenvalue weighted by Gasteiger charge is -2.13. The van der Waals surface area contributed by atoms with Crippen LogP contribution in [0.1, 0.15) is 31.1 Å². The Morgan fingerprint density at radius 2 is 1.54 bits per heavy atom. The van der Waals surface area contributed by atoms with Crippen LogP contribution in [-0.4, -0.2) is 44.4 Å². The lowest BCUT2D eigenvalue weighted by atomic mass is 10.1. The van der Waals surface area contributed by atoms with E-state index in [9.17, 15) is 19.2 Å². The molecule has 5 N–H and O–H groups in total. The molecular formula is C19H20N4O5. The van der Waals surface area contributed by atoms with Crippen LogP contribution in [0.4, 0.5) is 11.4 Å². The van der Waals surface area contributed by atoms with Gasteiger partial charge in [-0.25, -0.2) is 4.79 Å². The number of ether oxygens (including phenoxy) is 1. The summed E-state index contributed by atoms with van der Waals surface area (Å²) in [5.41, 5.74) is 11.6. The minimum Gasteiger partial charge on any atom is -0.452 e. The average molecular weight is 384 g/mol. The number of nitrogens with zero attached hydrogens (tertiary/aromatic N) is 1. The zero-order valence-electron chi connectivity index (χ0n) is 15.4. The molecule has 0 saturated heterocycles. The van der Waals surface area contributed by atoms with Gasteiger partial charge < -0.3 is 26.4 Å². The quantitative estimate of drug-likeness (QED) is 0.601. The van der Waals surface area contributed by atoms with Crippen LogP contribution in [0.15, 0.2) is 42.5 Å². The Morgan fingerprint density at radius 1 is 0.929 bits per heavy atom. The van der Waals surface area contributed by atoms with Gasteiger partial charge in [0.15, 0.2) is 6.61 Å². The molecule has 0 aliphatic carbocycles. The van der Waals surface area contributed by atoms with Crippen LogP contribution >= 0.6 is 0 Å². The number of benzene rings is 2. The molecule has 0 fully saturated rings. The van der Waals surface area contributed by atoms with Crippen LogP contribution in [0, 0.1) is 0 Å². The molecule has 0 unspecified atom stereocenters. The fraction of sp³-hybridized carbons (Fsp3) is 0.158. The molecule has 0 radical (unpaired) electrons. The van der Waals surface area contributed by atoms with E-state index < -0.39 is 30.3 Å². The van der Waals surface area contributed by atoms with E-state index in [1.54, 1.807) is 18.2 Å². The molecule has 0 saturated carbocycles. The van der Waals surface area contributed by atoms with Crippen LogP contribution in [0.2, 0.25) is 0 Å². The third kappa shape index (κ3) is 5.31. The van der Waals surface area contributed by atoms with Crippen LogP contribution in [0.3, 0.4) is 0 Å². The average Bonchev–Trinajstić information content (AvgIpc) is 2.65. The lowest BCUT2D eigenvalue weighted by molar-refractivity contribution is -0.119. The number of rotatable bonds is 7. The molecule has 0 atom stereocenters. The predicted octanol–water partition coefficient (Wildman–Crippen LogP) is 0.746. The maximum absolute atomic E-state index is 12.1. The van der Waals surface area contributed by atoms with E-state index in [1.165, 1.54) is 18.2 Å². The Hall–Kier alpha value is -3.88. The van der Waals surface area contributed by atoms with Crippen molar-refractivity contribution in [1.29, 1.82) is 0 Å². The third-order valence-corrected chi connectivity index (χ3v) is 3.72. The summed E-state index contributed by atoms with van der Waals surface area (Å²) in [6, 6.07) is 10.5. The monoisotopic (exact) mass is 384 g/mol. The van der Waals surface area contributed by atoms with Gasteiger partial charge in [0.2, 0.25) is 11.8 Å². The summed E-state index contributed by atoms with van der Waals surface area (Å²) in [6.07, 6.45) is 0. The first-order chi connectivity index (χ1) is 13.2. The Kier molecular flexibility index (Phi) is 6.33. The summed E-state index contributed by atoms with van der Waals surface area (Å²) in [5.74, 6) is -2.90. The summed E-state index contributed by atoms with van der Waals surface area (Å²) in [6.45, 7) is -0.558. The molecule has 9 nitrogen and oxygen atoms in total. The van der Waals surface area contributed by atoms with Gasteiger partial charge in [0.1, 0.15) is 0 Å². The predicted molar refractivity (Wildman–Crippen MR) is 103 cm³/mol. The van der Waals surface area contributed by atoms with E-state index in [2.05, 4.69) is 5.32 Å². The number of anilines is 2. The SMILES string of the molecule is CN(C)c1cccc(C(=O)OCC(=O)Nc2cc(C(N)=O)cc(C(N)=O)c2)c1. The maximum atomic E-state index is 12.1. The van der Waals surface area contributed by atoms with Crippen molar-refractivity contribution in [1.82, 2.24) is 0 Å². The van der Waals surface area contributed by atoms with Crippen molar-refractivity contribution in [2.45, 2.75) is 0 Å². The highest BCUT2D eigenvalue weighted by atomic mass is 16.5. The largest absolute Gasteiger partial charge is 0.452 e. The van der Waals surface area contributed by atoms with Crippen molar-refractivity contribution in [2.24, 2.45) is 11.5 Å². The zero-order valence-corrected chi connectivity index (χ0v) is 15.4. The highest BCUT2D eigenvalue weighted by Crippen LogP contribution is 2.16. The van der Waals surface area contributed by atoms with E-state index in [4.69, 9.17) is 16.2 Å². The van der Waals surface area contributed by atoms with Gasteiger partial charge in [0.25, 0.3) is 5.91 Å². The Balaban J connectivity index is 2.04. The Bertz CT molecular complexity index is 907. The standard InChI is InChI=1S/C19H20N4O5/c1-23(2)15-5-3-4-11(9-15)19(27)28-10-16(24)22-14-7-12(17(20)25)6-13(8-14)18(21)26/h3-9H,10H2,1-2H3,(H2,20,25)(H2,21,26)(H,22,24). The molecule has 2 aromatic carbocycles. The van der Waals surface area contributed by atoms with E-state index in [-0.39, 0.29) is 16.8 Å². The van der Waals surface area contributed by atoms with Gasteiger partial charge in [-0.1, -0.05) is 6.07 Å². The molecule has 2 aromatic rings. The minimum atomic E-state index is -0.786. The molecule has 28 heavy (non-hydrogen) atoms. The molecule has 2 rings (SSSR count). The number of hydrogen-bond acceptors (Lipinski definition) is 6. The molecule has 0 spiro atoms. The van der Waals surface area contributed by atoms with Crippen molar-refractivity contribution >= 4 is 35.1 Å². The van der Waals surface area contributed by atoms with Crippen LogP contribution in [0.5, 0.6) is 0 Å². The molecule has 0 aliphatic heterocycles. The van der Waals surface area contributed by atoms with Gasteiger partial charge in [-0.05, 0) is 36.4 Å². The van der Waals surface area contributed by atoms with Crippen molar-refractivity contribution in [3.05, 3.63) is 59.2 Å². The molecule has 0 aromatic heterocycles. The second-order valence-corrected chi connectivity index (χ2v) is 6.10. The van der Waals surface area contributed by atoms with E-state index in [0.29, 0.717) is 5.56 Å². The first kappa shape index (κ1) is 20.4. The Morgan fingerprint density at radius 3 is 2.07 bits per heavy atom. The van der Waals surface area contributed by atoms with Gasteiger partial charge in [0, 0.05) is 36.6 Å². The summed E-state index contributed by atoms with van der Waals surface area (Å²) < 4.78 is 5.00. The maximum Gasteiger partial charge on any atom is 0.338 e. The topological polar surface area (TPSA) is 145 Å². The van der Waals surface area contributed by atoms with Crippen molar-refractivity contribution in [3.8, 4) is 0 Å². The van der Waals surface area contributed by atoms with E-state index >= 15 is 0 Å².